The van der Waals surface area contributed by atoms with Crippen LogP contribution in [-0.4, -0.2) is 23.6 Å². The number of rotatable bonds is 3. The smallest absolute Gasteiger partial charge is 0.149 e. The number of aryl methyl sites for hydroxylation is 1. The topological polar surface area (TPSA) is 52.8 Å². The molecule has 1 atom stereocenters. The van der Waals surface area contributed by atoms with Gasteiger partial charge >= 0.3 is 0 Å². The average Bonchev–Trinajstić information content (AvgIpc) is 2.71. The molecule has 0 radical (unpaired) electrons. The van der Waals surface area contributed by atoms with E-state index in [9.17, 15) is 0 Å². The number of hydrogen-bond acceptors (Lipinski definition) is 5. The van der Waals surface area contributed by atoms with Crippen LogP contribution in [0, 0.1) is 24.2 Å². The van der Waals surface area contributed by atoms with Crippen LogP contribution in [0.25, 0.3) is 10.2 Å². The highest BCUT2D eigenvalue weighted by Crippen LogP contribution is 2.30. The van der Waals surface area contributed by atoms with Gasteiger partial charge in [-0.05, 0) is 24.8 Å². The van der Waals surface area contributed by atoms with Crippen LogP contribution in [0.2, 0.25) is 0 Å². The van der Waals surface area contributed by atoms with E-state index in [0.29, 0.717) is 6.54 Å². The third kappa shape index (κ3) is 2.22. The van der Waals surface area contributed by atoms with Gasteiger partial charge in [-0.1, -0.05) is 0 Å². The lowest BCUT2D eigenvalue weighted by molar-refractivity contribution is 0.712. The minimum absolute atomic E-state index is 0.00826. The SMILES string of the molecule is Cc1csc2c(N(C)CC(C)C#N)ncnc12. The molecule has 0 bridgehead atoms. The number of nitrogens with zero attached hydrogens (tertiary/aromatic N) is 4. The highest BCUT2D eigenvalue weighted by atomic mass is 32.1. The lowest BCUT2D eigenvalue weighted by Gasteiger charge is -2.19. The minimum atomic E-state index is -0.00826. The molecule has 2 aromatic rings. The van der Waals surface area contributed by atoms with Crippen LogP contribution >= 0.6 is 11.3 Å². The molecule has 2 rings (SSSR count). The van der Waals surface area contributed by atoms with Crippen molar-refractivity contribution in [1.82, 2.24) is 9.97 Å². The zero-order chi connectivity index (χ0) is 12.4. The second-order valence-electron chi connectivity index (χ2n) is 4.20. The maximum Gasteiger partial charge on any atom is 0.149 e. The molecule has 0 aliphatic carbocycles. The standard InChI is InChI=1S/C12H14N4S/c1-8(4-13)5-16(3)12-11-10(14-7-15-12)9(2)6-17-11/h6-8H,5H2,1-3H3. The number of thiophene rings is 1. The lowest BCUT2D eigenvalue weighted by atomic mass is 10.2. The van der Waals surface area contributed by atoms with Gasteiger partial charge in [-0.2, -0.15) is 5.26 Å². The predicted molar refractivity (Wildman–Crippen MR) is 70.2 cm³/mol. The Morgan fingerprint density at radius 3 is 3.00 bits per heavy atom. The van der Waals surface area contributed by atoms with Crippen molar-refractivity contribution in [2.45, 2.75) is 13.8 Å². The summed E-state index contributed by atoms with van der Waals surface area (Å²) in [7, 11) is 1.96. The van der Waals surface area contributed by atoms with Gasteiger partial charge in [0.25, 0.3) is 0 Å². The van der Waals surface area contributed by atoms with E-state index in [4.69, 9.17) is 5.26 Å². The zero-order valence-corrected chi connectivity index (χ0v) is 11.0. The van der Waals surface area contributed by atoms with Crippen LogP contribution in [0.1, 0.15) is 12.5 Å². The summed E-state index contributed by atoms with van der Waals surface area (Å²) >= 11 is 1.65. The van der Waals surface area contributed by atoms with Crippen LogP contribution in [-0.2, 0) is 0 Å². The number of aromatic nitrogens is 2. The third-order valence-electron chi connectivity index (χ3n) is 2.64. The monoisotopic (exact) mass is 246 g/mol. The van der Waals surface area contributed by atoms with Gasteiger partial charge in [0.15, 0.2) is 0 Å². The molecule has 5 heteroatoms. The fourth-order valence-corrected chi connectivity index (χ4v) is 2.81. The molecule has 0 saturated carbocycles. The summed E-state index contributed by atoms with van der Waals surface area (Å²) < 4.78 is 1.10. The average molecular weight is 246 g/mol. The van der Waals surface area contributed by atoms with E-state index in [2.05, 4.69) is 21.4 Å². The van der Waals surface area contributed by atoms with Gasteiger partial charge in [-0.3, -0.25) is 0 Å². The van der Waals surface area contributed by atoms with E-state index in [1.54, 1.807) is 17.7 Å². The Bertz CT molecular complexity index is 569. The van der Waals surface area contributed by atoms with E-state index in [1.165, 1.54) is 5.56 Å². The molecule has 0 aliphatic heterocycles. The Morgan fingerprint density at radius 2 is 2.29 bits per heavy atom. The molecule has 17 heavy (non-hydrogen) atoms. The van der Waals surface area contributed by atoms with Gasteiger partial charge in [-0.25, -0.2) is 9.97 Å². The number of fused-ring (bicyclic) bond motifs is 1. The summed E-state index contributed by atoms with van der Waals surface area (Å²) in [4.78, 5) is 10.6. The Morgan fingerprint density at radius 1 is 1.53 bits per heavy atom. The van der Waals surface area contributed by atoms with E-state index in [1.807, 2.05) is 25.8 Å². The van der Waals surface area contributed by atoms with Crippen LogP contribution in [0.4, 0.5) is 5.82 Å². The van der Waals surface area contributed by atoms with Crippen molar-refractivity contribution < 1.29 is 0 Å². The van der Waals surface area contributed by atoms with Gasteiger partial charge < -0.3 is 4.90 Å². The molecule has 0 N–H and O–H groups in total. The molecule has 1 unspecified atom stereocenters. The van der Waals surface area contributed by atoms with Crippen LogP contribution in [0.5, 0.6) is 0 Å². The van der Waals surface area contributed by atoms with E-state index < -0.39 is 0 Å². The van der Waals surface area contributed by atoms with E-state index >= 15 is 0 Å². The van der Waals surface area contributed by atoms with Crippen molar-refractivity contribution in [3.05, 3.63) is 17.3 Å². The number of hydrogen-bond donors (Lipinski definition) is 0. The Kier molecular flexibility index (Phi) is 3.25. The second-order valence-corrected chi connectivity index (χ2v) is 5.08. The molecule has 0 saturated heterocycles. The van der Waals surface area contributed by atoms with Gasteiger partial charge in [0, 0.05) is 13.6 Å². The fourth-order valence-electron chi connectivity index (χ4n) is 1.77. The molecule has 88 valence electrons. The summed E-state index contributed by atoms with van der Waals surface area (Å²) in [6.45, 7) is 4.64. The summed E-state index contributed by atoms with van der Waals surface area (Å²) in [5.41, 5.74) is 2.19. The van der Waals surface area contributed by atoms with E-state index in [0.717, 1.165) is 16.0 Å². The maximum atomic E-state index is 8.84. The highest BCUT2D eigenvalue weighted by molar-refractivity contribution is 7.18. The first-order valence-electron chi connectivity index (χ1n) is 5.43. The molecular formula is C12H14N4S. The second kappa shape index (κ2) is 4.68. The Labute approximate surface area is 105 Å². The normalized spacial score (nSPS) is 12.4. The summed E-state index contributed by atoms with van der Waals surface area (Å²) in [6.07, 6.45) is 1.59. The van der Waals surface area contributed by atoms with Gasteiger partial charge in [0.1, 0.15) is 12.1 Å². The Hall–Kier alpha value is -1.67. The molecule has 0 fully saturated rings. The van der Waals surface area contributed by atoms with Crippen LogP contribution in [0.15, 0.2) is 11.7 Å². The van der Waals surface area contributed by atoms with Crippen molar-refractivity contribution >= 4 is 27.4 Å². The van der Waals surface area contributed by atoms with E-state index in [-0.39, 0.29) is 5.92 Å². The molecule has 0 amide bonds. The van der Waals surface area contributed by atoms with Crippen molar-refractivity contribution in [3.63, 3.8) is 0 Å². The first-order valence-corrected chi connectivity index (χ1v) is 6.31. The third-order valence-corrected chi connectivity index (χ3v) is 3.72. The molecular weight excluding hydrogens is 232 g/mol. The number of nitriles is 1. The molecule has 4 nitrogen and oxygen atoms in total. The molecule has 2 aromatic heterocycles. The molecule has 0 spiro atoms. The van der Waals surface area contributed by atoms with Crippen molar-refractivity contribution in [2.24, 2.45) is 5.92 Å². The largest absolute Gasteiger partial charge is 0.357 e. The lowest BCUT2D eigenvalue weighted by Crippen LogP contribution is -2.24. The maximum absolute atomic E-state index is 8.84. The summed E-state index contributed by atoms with van der Waals surface area (Å²) in [6, 6.07) is 2.24. The van der Waals surface area contributed by atoms with Gasteiger partial charge in [-0.15, -0.1) is 11.3 Å². The molecule has 0 aromatic carbocycles. The molecule has 2 heterocycles. The van der Waals surface area contributed by atoms with Gasteiger partial charge in [0.2, 0.25) is 0 Å². The van der Waals surface area contributed by atoms with Gasteiger partial charge in [0.05, 0.1) is 22.2 Å². The first kappa shape index (κ1) is 11.8. The Balaban J connectivity index is 2.39. The minimum Gasteiger partial charge on any atom is -0.357 e. The zero-order valence-electron chi connectivity index (χ0n) is 10.1. The van der Waals surface area contributed by atoms with Crippen molar-refractivity contribution in [3.8, 4) is 6.07 Å². The van der Waals surface area contributed by atoms with Crippen molar-refractivity contribution in [1.29, 1.82) is 5.26 Å². The highest BCUT2D eigenvalue weighted by Gasteiger charge is 2.13. The predicted octanol–water partition coefficient (Wildman–Crippen LogP) is 2.60. The number of anilines is 1. The molecule has 0 aliphatic rings. The quantitative estimate of drug-likeness (QED) is 0.835. The fraction of sp³-hybridized carbons (Fsp3) is 0.417. The van der Waals surface area contributed by atoms with Crippen molar-refractivity contribution in [2.75, 3.05) is 18.5 Å². The summed E-state index contributed by atoms with van der Waals surface area (Å²) in [5.74, 6) is 0.904. The first-order chi connectivity index (χ1) is 8.13. The summed E-state index contributed by atoms with van der Waals surface area (Å²) in [5, 5.41) is 10.9. The van der Waals surface area contributed by atoms with Crippen LogP contribution in [0.3, 0.4) is 0 Å². The van der Waals surface area contributed by atoms with Crippen LogP contribution < -0.4 is 4.90 Å².